The monoisotopic (exact) mass is 362 g/mol. The van der Waals surface area contributed by atoms with Crippen molar-refractivity contribution >= 4 is 41.6 Å². The molecular formula is C16H12Cl2N4S. The van der Waals surface area contributed by atoms with Gasteiger partial charge in [-0.3, -0.25) is 0 Å². The molecule has 23 heavy (non-hydrogen) atoms. The minimum Gasteiger partial charge on any atom is -0.250 e. The highest BCUT2D eigenvalue weighted by Crippen LogP contribution is 2.29. The van der Waals surface area contributed by atoms with Gasteiger partial charge >= 0.3 is 0 Å². The third-order valence-corrected chi connectivity index (χ3v) is 4.03. The summed E-state index contributed by atoms with van der Waals surface area (Å²) in [5.41, 5.74) is 2.85. The van der Waals surface area contributed by atoms with Crippen LogP contribution in [0.3, 0.4) is 0 Å². The fraction of sp³-hybridized carbons (Fsp3) is 0.0625. The second-order valence-corrected chi connectivity index (χ2v) is 6.17. The van der Waals surface area contributed by atoms with E-state index >= 15 is 0 Å². The molecule has 1 N–H and O–H groups in total. The maximum absolute atomic E-state index is 6.24. The normalized spacial score (nSPS) is 11.3. The van der Waals surface area contributed by atoms with Gasteiger partial charge in [-0.2, -0.15) is 14.9 Å². The molecule has 0 radical (unpaired) electrons. The molecule has 2 aromatic carbocycles. The van der Waals surface area contributed by atoms with Gasteiger partial charge in [0.1, 0.15) is 0 Å². The van der Waals surface area contributed by atoms with Crippen LogP contribution in [0, 0.1) is 11.7 Å². The predicted octanol–water partition coefficient (Wildman–Crippen LogP) is 5.11. The number of nitrogens with one attached hydrogen (secondary N) is 1. The molecule has 7 heteroatoms. The van der Waals surface area contributed by atoms with E-state index in [-0.39, 0.29) is 0 Å². The zero-order valence-corrected chi connectivity index (χ0v) is 14.5. The third kappa shape index (κ3) is 3.52. The molecule has 0 unspecified atom stereocenters. The molecule has 0 bridgehead atoms. The number of aromatic amines is 1. The van der Waals surface area contributed by atoms with Gasteiger partial charge in [-0.15, -0.1) is 0 Å². The molecule has 1 aromatic heterocycles. The maximum atomic E-state index is 6.24. The highest BCUT2D eigenvalue weighted by atomic mass is 35.5. The Kier molecular flexibility index (Phi) is 4.61. The second kappa shape index (κ2) is 6.66. The van der Waals surface area contributed by atoms with E-state index in [1.807, 2.05) is 31.2 Å². The second-order valence-electron chi connectivity index (χ2n) is 4.94. The fourth-order valence-corrected chi connectivity index (χ4v) is 2.69. The van der Waals surface area contributed by atoms with Gasteiger partial charge in [-0.05, 0) is 42.9 Å². The van der Waals surface area contributed by atoms with Crippen LogP contribution in [0.25, 0.3) is 11.4 Å². The first kappa shape index (κ1) is 15.9. The van der Waals surface area contributed by atoms with Crippen molar-refractivity contribution in [1.82, 2.24) is 14.9 Å². The minimum atomic E-state index is 0.384. The lowest BCUT2D eigenvalue weighted by molar-refractivity contribution is 0.871. The maximum Gasteiger partial charge on any atom is 0.216 e. The third-order valence-electron chi connectivity index (χ3n) is 3.22. The number of aromatic nitrogens is 3. The highest BCUT2D eigenvalue weighted by molar-refractivity contribution is 7.71. The van der Waals surface area contributed by atoms with Gasteiger partial charge in [-0.25, -0.2) is 5.10 Å². The number of rotatable bonds is 3. The summed E-state index contributed by atoms with van der Waals surface area (Å²) in [6, 6.07) is 13.2. The molecule has 0 saturated heterocycles. The Labute approximate surface area is 148 Å². The van der Waals surface area contributed by atoms with Crippen LogP contribution in [-0.2, 0) is 0 Å². The summed E-state index contributed by atoms with van der Waals surface area (Å²) >= 11 is 17.4. The topological polar surface area (TPSA) is 46.0 Å². The predicted molar refractivity (Wildman–Crippen MR) is 97.0 cm³/mol. The average molecular weight is 363 g/mol. The lowest BCUT2D eigenvalue weighted by Gasteiger charge is -2.04. The first-order valence-electron chi connectivity index (χ1n) is 6.78. The van der Waals surface area contributed by atoms with E-state index in [2.05, 4.69) is 15.3 Å². The van der Waals surface area contributed by atoms with E-state index in [0.717, 1.165) is 5.56 Å². The molecule has 0 aliphatic heterocycles. The summed E-state index contributed by atoms with van der Waals surface area (Å²) in [5, 5.41) is 12.4. The Balaban J connectivity index is 2.02. The summed E-state index contributed by atoms with van der Waals surface area (Å²) in [6.45, 7) is 2.04. The summed E-state index contributed by atoms with van der Waals surface area (Å²) in [6.07, 6.45) is 1.72. The van der Waals surface area contributed by atoms with Crippen LogP contribution < -0.4 is 0 Å². The molecule has 4 nitrogen and oxygen atoms in total. The number of hydrogen-bond donors (Lipinski definition) is 1. The smallest absolute Gasteiger partial charge is 0.216 e. The molecule has 0 saturated carbocycles. The van der Waals surface area contributed by atoms with Crippen LogP contribution in [0.15, 0.2) is 47.6 Å². The van der Waals surface area contributed by atoms with Crippen molar-refractivity contribution in [2.75, 3.05) is 0 Å². The Morgan fingerprint density at radius 3 is 2.61 bits per heavy atom. The fourth-order valence-electron chi connectivity index (χ4n) is 2.02. The van der Waals surface area contributed by atoms with Gasteiger partial charge in [-0.1, -0.05) is 53.0 Å². The summed E-state index contributed by atoms with van der Waals surface area (Å²) < 4.78 is 1.92. The van der Waals surface area contributed by atoms with E-state index in [1.54, 1.807) is 24.4 Å². The molecular weight excluding hydrogens is 351 g/mol. The number of halogens is 2. The largest absolute Gasteiger partial charge is 0.250 e. The Morgan fingerprint density at radius 1 is 1.17 bits per heavy atom. The number of H-pyrrole nitrogens is 1. The standard InChI is InChI=1S/C16H12Cl2N4S/c1-10-2-4-11(5-3-10)9-19-22-15(20-21-16(22)23)13-7-6-12(17)8-14(13)18/h2-9H,1H3,(H,21,23). The zero-order valence-electron chi connectivity index (χ0n) is 12.1. The van der Waals surface area contributed by atoms with Crippen molar-refractivity contribution in [1.29, 1.82) is 0 Å². The van der Waals surface area contributed by atoms with Crippen LogP contribution in [-0.4, -0.2) is 21.1 Å². The molecule has 116 valence electrons. The van der Waals surface area contributed by atoms with Crippen LogP contribution in [0.4, 0.5) is 0 Å². The molecule has 0 amide bonds. The van der Waals surface area contributed by atoms with Crippen LogP contribution in [0.1, 0.15) is 11.1 Å². The van der Waals surface area contributed by atoms with Crippen molar-refractivity contribution in [3.63, 3.8) is 0 Å². The number of benzene rings is 2. The van der Waals surface area contributed by atoms with Crippen molar-refractivity contribution in [3.8, 4) is 11.4 Å². The number of nitrogens with zero attached hydrogens (tertiary/aromatic N) is 3. The first-order chi connectivity index (χ1) is 11.0. The van der Waals surface area contributed by atoms with Crippen molar-refractivity contribution < 1.29 is 0 Å². The van der Waals surface area contributed by atoms with Crippen LogP contribution in [0.2, 0.25) is 10.0 Å². The van der Waals surface area contributed by atoms with Crippen molar-refractivity contribution in [2.45, 2.75) is 6.92 Å². The lowest BCUT2D eigenvalue weighted by atomic mass is 10.2. The number of hydrogen-bond acceptors (Lipinski definition) is 3. The van der Waals surface area contributed by atoms with E-state index in [4.69, 9.17) is 35.4 Å². The molecule has 0 spiro atoms. The van der Waals surface area contributed by atoms with Crippen LogP contribution >= 0.6 is 35.4 Å². The Bertz CT molecular complexity index is 926. The van der Waals surface area contributed by atoms with Crippen molar-refractivity contribution in [2.24, 2.45) is 5.10 Å². The van der Waals surface area contributed by atoms with Gasteiger partial charge in [0.2, 0.25) is 4.77 Å². The van der Waals surface area contributed by atoms with Crippen LogP contribution in [0.5, 0.6) is 0 Å². The SMILES string of the molecule is Cc1ccc(C=Nn2c(-c3ccc(Cl)cc3Cl)n[nH]c2=S)cc1. The molecule has 0 aliphatic rings. The van der Waals surface area contributed by atoms with E-state index in [0.29, 0.717) is 26.2 Å². The Morgan fingerprint density at radius 2 is 1.91 bits per heavy atom. The van der Waals surface area contributed by atoms with Gasteiger partial charge in [0.15, 0.2) is 5.82 Å². The highest BCUT2D eigenvalue weighted by Gasteiger charge is 2.12. The summed E-state index contributed by atoms with van der Waals surface area (Å²) in [5.74, 6) is 0.528. The lowest BCUT2D eigenvalue weighted by Crippen LogP contribution is -1.95. The average Bonchev–Trinajstić information content (AvgIpc) is 2.88. The van der Waals surface area contributed by atoms with Gasteiger partial charge in [0, 0.05) is 10.6 Å². The summed E-state index contributed by atoms with van der Waals surface area (Å²) in [7, 11) is 0. The minimum absolute atomic E-state index is 0.384. The van der Waals surface area contributed by atoms with Gasteiger partial charge < -0.3 is 0 Å². The van der Waals surface area contributed by atoms with Gasteiger partial charge in [0.05, 0.1) is 11.2 Å². The molecule has 0 atom stereocenters. The molecule has 1 heterocycles. The number of aryl methyl sites for hydroxylation is 1. The van der Waals surface area contributed by atoms with E-state index in [9.17, 15) is 0 Å². The summed E-state index contributed by atoms with van der Waals surface area (Å²) in [4.78, 5) is 0. The zero-order chi connectivity index (χ0) is 16.4. The van der Waals surface area contributed by atoms with Gasteiger partial charge in [0.25, 0.3) is 0 Å². The van der Waals surface area contributed by atoms with E-state index < -0.39 is 0 Å². The molecule has 0 aliphatic carbocycles. The van der Waals surface area contributed by atoms with E-state index in [1.165, 1.54) is 10.2 Å². The first-order valence-corrected chi connectivity index (χ1v) is 7.95. The Hall–Kier alpha value is -1.95. The molecule has 3 aromatic rings. The van der Waals surface area contributed by atoms with Crippen molar-refractivity contribution in [3.05, 3.63) is 68.4 Å². The molecule has 0 fully saturated rings. The quantitative estimate of drug-likeness (QED) is 0.520. The molecule has 3 rings (SSSR count).